The van der Waals surface area contributed by atoms with Gasteiger partial charge in [-0.2, -0.15) is 0 Å². The van der Waals surface area contributed by atoms with Gasteiger partial charge in [0.05, 0.1) is 0 Å². The van der Waals surface area contributed by atoms with Crippen LogP contribution in [-0.2, 0) is 9.53 Å². The van der Waals surface area contributed by atoms with Crippen molar-refractivity contribution in [3.8, 4) is 0 Å². The minimum absolute atomic E-state index is 0.136. The monoisotopic (exact) mass is 316 g/mol. The van der Waals surface area contributed by atoms with Crippen LogP contribution in [-0.4, -0.2) is 12.6 Å². The molecule has 0 fully saturated rings. The Morgan fingerprint density at radius 1 is 0.958 bits per heavy atom. The number of allylic oxidation sites excluding steroid dienone is 1. The van der Waals surface area contributed by atoms with E-state index in [-0.39, 0.29) is 11.9 Å². The Morgan fingerprint density at radius 3 is 2.29 bits per heavy atom. The molecule has 0 amide bonds. The average molecular weight is 316 g/mol. The van der Waals surface area contributed by atoms with Crippen LogP contribution < -0.4 is 0 Å². The Hall–Kier alpha value is -2.61. The maximum atomic E-state index is 12.3. The topological polar surface area (TPSA) is 26.3 Å². The normalized spacial score (nSPS) is 19.7. The maximum Gasteiger partial charge on any atom is 0.334 e. The summed E-state index contributed by atoms with van der Waals surface area (Å²) < 4.78 is 5.46. The Morgan fingerprint density at radius 2 is 1.62 bits per heavy atom. The van der Waals surface area contributed by atoms with Crippen LogP contribution >= 0.6 is 0 Å². The fourth-order valence-electron chi connectivity index (χ4n) is 3.83. The van der Waals surface area contributed by atoms with E-state index in [0.29, 0.717) is 6.61 Å². The Kier molecular flexibility index (Phi) is 3.81. The van der Waals surface area contributed by atoms with Crippen LogP contribution in [0.5, 0.6) is 0 Å². The average Bonchev–Trinajstić information content (AvgIpc) is 2.61. The highest BCUT2D eigenvalue weighted by Crippen LogP contribution is 2.55. The van der Waals surface area contributed by atoms with Gasteiger partial charge in [-0.1, -0.05) is 74.0 Å². The third kappa shape index (κ3) is 2.30. The molecule has 1 aliphatic carbocycles. The molecule has 2 heteroatoms. The summed E-state index contributed by atoms with van der Waals surface area (Å²) in [5, 5.41) is 0. The van der Waals surface area contributed by atoms with Gasteiger partial charge >= 0.3 is 5.97 Å². The number of cyclic esters (lactones) is 1. The molecule has 1 atom stereocenters. The Balaban J connectivity index is 1.92. The molecule has 0 saturated carbocycles. The molecule has 24 heavy (non-hydrogen) atoms. The lowest BCUT2D eigenvalue weighted by Crippen LogP contribution is -2.31. The number of ether oxygens (including phenoxy) is 1. The van der Waals surface area contributed by atoms with Crippen LogP contribution in [0.3, 0.4) is 0 Å². The number of carbonyl (C=O) groups excluding carboxylic acids is 1. The molecule has 0 aromatic heterocycles. The van der Waals surface area contributed by atoms with Gasteiger partial charge in [0.15, 0.2) is 0 Å². The lowest BCUT2D eigenvalue weighted by atomic mass is 9.64. The standard InChI is InChI=1S/C22H20O2/c1-2-9-17-21-18(14-24-22(17)23)19(15-10-5-3-6-11-15)20(21)16-12-7-4-8-13-16/h3-8,10-13,20H,2,9,14H2,1H3. The summed E-state index contributed by atoms with van der Waals surface area (Å²) in [6, 6.07) is 20.9. The van der Waals surface area contributed by atoms with Crippen LogP contribution in [0, 0.1) is 0 Å². The van der Waals surface area contributed by atoms with Crippen molar-refractivity contribution in [2.75, 3.05) is 6.61 Å². The van der Waals surface area contributed by atoms with Crippen LogP contribution in [0.1, 0.15) is 36.8 Å². The molecule has 120 valence electrons. The molecule has 1 heterocycles. The molecule has 2 nitrogen and oxygen atoms in total. The summed E-state index contributed by atoms with van der Waals surface area (Å²) in [7, 11) is 0. The fraction of sp³-hybridized carbons (Fsp3) is 0.227. The minimum Gasteiger partial charge on any atom is -0.457 e. The van der Waals surface area contributed by atoms with Crippen molar-refractivity contribution in [3.63, 3.8) is 0 Å². The number of hydrogen-bond donors (Lipinski definition) is 0. The second kappa shape index (κ2) is 6.12. The van der Waals surface area contributed by atoms with Gasteiger partial charge in [-0.05, 0) is 34.3 Å². The van der Waals surface area contributed by atoms with E-state index in [1.165, 1.54) is 27.8 Å². The molecule has 1 unspecified atom stereocenters. The van der Waals surface area contributed by atoms with Gasteiger partial charge in [-0.3, -0.25) is 0 Å². The number of fused-ring (bicyclic) bond motifs is 1. The van der Waals surface area contributed by atoms with E-state index in [4.69, 9.17) is 4.74 Å². The van der Waals surface area contributed by atoms with Crippen LogP contribution in [0.15, 0.2) is 77.4 Å². The largest absolute Gasteiger partial charge is 0.457 e. The second-order valence-electron chi connectivity index (χ2n) is 6.32. The zero-order valence-corrected chi connectivity index (χ0v) is 13.8. The highest BCUT2D eigenvalue weighted by molar-refractivity contribution is 6.00. The number of carbonyl (C=O) groups is 1. The highest BCUT2D eigenvalue weighted by Gasteiger charge is 2.42. The SMILES string of the molecule is CCCC1=C2C(=C(c3ccccc3)C2c2ccccc2)COC1=O. The van der Waals surface area contributed by atoms with Gasteiger partial charge in [-0.15, -0.1) is 0 Å². The molecular formula is C22H20O2. The third-order valence-corrected chi connectivity index (χ3v) is 4.86. The fourth-order valence-corrected chi connectivity index (χ4v) is 3.83. The summed E-state index contributed by atoms with van der Waals surface area (Å²) in [5.74, 6) is 0.0432. The Labute approximate surface area is 142 Å². The van der Waals surface area contributed by atoms with Crippen molar-refractivity contribution >= 4 is 11.5 Å². The van der Waals surface area contributed by atoms with Gasteiger partial charge in [0.1, 0.15) is 6.61 Å². The van der Waals surface area contributed by atoms with Gasteiger partial charge < -0.3 is 4.74 Å². The summed E-state index contributed by atoms with van der Waals surface area (Å²) in [5.41, 5.74) is 7.05. The van der Waals surface area contributed by atoms with E-state index in [1.807, 2.05) is 12.1 Å². The van der Waals surface area contributed by atoms with Crippen molar-refractivity contribution < 1.29 is 9.53 Å². The van der Waals surface area contributed by atoms with Crippen molar-refractivity contribution in [3.05, 3.63) is 88.5 Å². The summed E-state index contributed by atoms with van der Waals surface area (Å²) in [6.07, 6.45) is 1.73. The molecule has 4 rings (SSSR count). The van der Waals surface area contributed by atoms with E-state index in [9.17, 15) is 4.79 Å². The first kappa shape index (κ1) is 14.9. The summed E-state index contributed by atoms with van der Waals surface area (Å²) in [6.45, 7) is 2.50. The van der Waals surface area contributed by atoms with Crippen LogP contribution in [0.4, 0.5) is 0 Å². The molecule has 0 N–H and O–H groups in total. The predicted molar refractivity (Wildman–Crippen MR) is 95.4 cm³/mol. The van der Waals surface area contributed by atoms with E-state index in [2.05, 4.69) is 55.5 Å². The molecule has 2 aliphatic rings. The molecule has 2 aromatic rings. The highest BCUT2D eigenvalue weighted by atomic mass is 16.5. The smallest absolute Gasteiger partial charge is 0.334 e. The summed E-state index contributed by atoms with van der Waals surface area (Å²) >= 11 is 0. The van der Waals surface area contributed by atoms with Gasteiger partial charge in [0, 0.05) is 11.5 Å². The number of esters is 1. The zero-order valence-electron chi connectivity index (χ0n) is 13.8. The minimum atomic E-state index is -0.136. The zero-order chi connectivity index (χ0) is 16.5. The molecule has 0 saturated heterocycles. The molecule has 2 aromatic carbocycles. The second-order valence-corrected chi connectivity index (χ2v) is 6.32. The van der Waals surface area contributed by atoms with Crippen molar-refractivity contribution in [2.24, 2.45) is 0 Å². The summed E-state index contributed by atoms with van der Waals surface area (Å²) in [4.78, 5) is 12.3. The molecule has 1 aliphatic heterocycles. The van der Waals surface area contributed by atoms with Gasteiger partial charge in [-0.25, -0.2) is 4.79 Å². The quantitative estimate of drug-likeness (QED) is 0.751. The number of rotatable bonds is 4. The van der Waals surface area contributed by atoms with Gasteiger partial charge in [0.25, 0.3) is 0 Å². The first-order chi connectivity index (χ1) is 11.8. The van der Waals surface area contributed by atoms with E-state index in [1.54, 1.807) is 0 Å². The van der Waals surface area contributed by atoms with Crippen molar-refractivity contribution in [2.45, 2.75) is 25.7 Å². The molecule has 0 bridgehead atoms. The predicted octanol–water partition coefficient (Wildman–Crippen LogP) is 4.89. The molecular weight excluding hydrogens is 296 g/mol. The first-order valence-electron chi connectivity index (χ1n) is 8.55. The Bertz CT molecular complexity index is 829. The van der Waals surface area contributed by atoms with E-state index < -0.39 is 0 Å². The third-order valence-electron chi connectivity index (χ3n) is 4.86. The van der Waals surface area contributed by atoms with Crippen LogP contribution in [0.2, 0.25) is 0 Å². The van der Waals surface area contributed by atoms with E-state index >= 15 is 0 Å². The maximum absolute atomic E-state index is 12.3. The van der Waals surface area contributed by atoms with Crippen molar-refractivity contribution in [1.29, 1.82) is 0 Å². The van der Waals surface area contributed by atoms with Crippen molar-refractivity contribution in [1.82, 2.24) is 0 Å². The number of hydrogen-bond acceptors (Lipinski definition) is 2. The number of benzene rings is 2. The van der Waals surface area contributed by atoms with Gasteiger partial charge in [0.2, 0.25) is 0 Å². The van der Waals surface area contributed by atoms with Crippen LogP contribution in [0.25, 0.3) is 5.57 Å². The lowest BCUT2D eigenvalue weighted by molar-refractivity contribution is -0.139. The molecule has 0 spiro atoms. The molecule has 0 radical (unpaired) electrons. The lowest BCUT2D eigenvalue weighted by Gasteiger charge is -2.41. The first-order valence-corrected chi connectivity index (χ1v) is 8.55. The van der Waals surface area contributed by atoms with E-state index in [0.717, 1.165) is 18.4 Å².